The first-order valence-corrected chi connectivity index (χ1v) is 10.5. The van der Waals surface area contributed by atoms with Gasteiger partial charge in [0.05, 0.1) is 27.9 Å². The lowest BCUT2D eigenvalue weighted by molar-refractivity contribution is -0.192. The van der Waals surface area contributed by atoms with Crippen molar-refractivity contribution in [3.63, 3.8) is 0 Å². The number of nitrogens with one attached hydrogen (secondary N) is 2. The molecule has 0 saturated carbocycles. The number of carboxylic acids is 1. The van der Waals surface area contributed by atoms with Gasteiger partial charge in [0.25, 0.3) is 0 Å². The number of carboxylic acid groups (broad SMARTS) is 1. The smallest absolute Gasteiger partial charge is 0.475 e. The van der Waals surface area contributed by atoms with Crippen molar-refractivity contribution < 1.29 is 54.2 Å². The Hall–Kier alpha value is -3.82. The van der Waals surface area contributed by atoms with Gasteiger partial charge in [0, 0.05) is 6.20 Å². The van der Waals surface area contributed by atoms with E-state index in [0.29, 0.717) is 5.00 Å². The standard InChI is InChI=1S/C19H13F6N3OS.C2HF3O2/c20-18(21,22)12-7-5-11(6-8-12)15(28-17(29)27-14-4-2-10-30-14)16-13(19(23,24)25)3-1-9-26-16;3-2(4,5)1(6)7/h1-10,15H,(H2,27,28,29);(H,6,7)/t15-;/m0./s1. The lowest BCUT2D eigenvalue weighted by Crippen LogP contribution is -2.34. The normalized spacial score (nSPS) is 12.7. The van der Waals surface area contributed by atoms with Crippen LogP contribution in [-0.4, -0.2) is 28.3 Å². The number of aromatic nitrogens is 1. The number of nitrogens with zero attached hydrogens (tertiary/aromatic N) is 1. The first-order valence-electron chi connectivity index (χ1n) is 9.60. The average Bonchev–Trinajstić information content (AvgIpc) is 3.29. The molecule has 2 heterocycles. The number of aliphatic carboxylic acids is 1. The van der Waals surface area contributed by atoms with E-state index in [1.54, 1.807) is 17.5 Å². The molecule has 0 aliphatic carbocycles. The Morgan fingerprint density at radius 2 is 1.46 bits per heavy atom. The van der Waals surface area contributed by atoms with E-state index in [-0.39, 0.29) is 5.56 Å². The molecule has 0 aliphatic rings. The molecule has 1 aromatic carbocycles. The summed E-state index contributed by atoms with van der Waals surface area (Å²) in [5.74, 6) is -2.76. The third-order valence-electron chi connectivity index (χ3n) is 4.26. The number of carbonyl (C=O) groups is 2. The Labute approximate surface area is 205 Å². The Kier molecular flexibility index (Phi) is 9.13. The number of anilines is 1. The van der Waals surface area contributed by atoms with Gasteiger partial charge in [0.1, 0.15) is 0 Å². The summed E-state index contributed by atoms with van der Waals surface area (Å²) >= 11 is 1.19. The first kappa shape index (κ1) is 29.4. The summed E-state index contributed by atoms with van der Waals surface area (Å²) < 4.78 is 111. The zero-order valence-corrected chi connectivity index (χ0v) is 18.7. The first-order chi connectivity index (χ1) is 17.0. The van der Waals surface area contributed by atoms with E-state index in [2.05, 4.69) is 15.6 Å². The van der Waals surface area contributed by atoms with Crippen molar-refractivity contribution in [2.24, 2.45) is 0 Å². The molecule has 2 amide bonds. The Morgan fingerprint density at radius 3 is 1.92 bits per heavy atom. The molecule has 0 unspecified atom stereocenters. The molecule has 37 heavy (non-hydrogen) atoms. The number of rotatable bonds is 4. The highest BCUT2D eigenvalue weighted by atomic mass is 32.1. The fourth-order valence-electron chi connectivity index (χ4n) is 2.69. The lowest BCUT2D eigenvalue weighted by atomic mass is 9.98. The minimum absolute atomic E-state index is 0.00790. The molecule has 2 aromatic heterocycles. The summed E-state index contributed by atoms with van der Waals surface area (Å²) in [6.07, 6.45) is -13.4. The number of thiophene rings is 1. The molecular weight excluding hydrogens is 545 g/mol. The van der Waals surface area contributed by atoms with Crippen molar-refractivity contribution in [1.29, 1.82) is 0 Å². The van der Waals surface area contributed by atoms with E-state index in [4.69, 9.17) is 9.90 Å². The molecule has 0 fully saturated rings. The van der Waals surface area contributed by atoms with Crippen molar-refractivity contribution in [2.45, 2.75) is 24.6 Å². The maximum atomic E-state index is 13.5. The van der Waals surface area contributed by atoms with Crippen LogP contribution in [0.5, 0.6) is 0 Å². The van der Waals surface area contributed by atoms with Crippen LogP contribution in [0.25, 0.3) is 0 Å². The molecule has 0 aliphatic heterocycles. The number of hydrogen-bond acceptors (Lipinski definition) is 4. The van der Waals surface area contributed by atoms with E-state index >= 15 is 0 Å². The van der Waals surface area contributed by atoms with Gasteiger partial charge >= 0.3 is 30.5 Å². The molecule has 1 atom stereocenters. The fourth-order valence-corrected chi connectivity index (χ4v) is 3.30. The van der Waals surface area contributed by atoms with Crippen LogP contribution in [0.1, 0.15) is 28.4 Å². The summed E-state index contributed by atoms with van der Waals surface area (Å²) in [4.78, 5) is 25.0. The predicted molar refractivity (Wildman–Crippen MR) is 113 cm³/mol. The Bertz CT molecular complexity index is 1190. The highest BCUT2D eigenvalue weighted by molar-refractivity contribution is 7.14. The van der Waals surface area contributed by atoms with Crippen LogP contribution in [0.15, 0.2) is 60.1 Å². The van der Waals surface area contributed by atoms with Crippen molar-refractivity contribution >= 4 is 28.3 Å². The summed E-state index contributed by atoms with van der Waals surface area (Å²) in [6.45, 7) is 0. The van der Waals surface area contributed by atoms with Crippen LogP contribution in [0.4, 0.5) is 49.3 Å². The molecule has 0 radical (unpaired) electrons. The number of carbonyl (C=O) groups excluding carboxylic acids is 1. The second-order valence-electron chi connectivity index (χ2n) is 6.87. The zero-order valence-electron chi connectivity index (χ0n) is 17.9. The van der Waals surface area contributed by atoms with Crippen LogP contribution in [0, 0.1) is 0 Å². The maximum absolute atomic E-state index is 13.5. The van der Waals surface area contributed by atoms with E-state index in [1.807, 2.05) is 0 Å². The van der Waals surface area contributed by atoms with Gasteiger partial charge in [-0.2, -0.15) is 39.5 Å². The second-order valence-corrected chi connectivity index (χ2v) is 7.81. The Balaban J connectivity index is 0.000000604. The molecule has 3 N–H and O–H groups in total. The van der Waals surface area contributed by atoms with Crippen molar-refractivity contribution in [1.82, 2.24) is 10.3 Å². The predicted octanol–water partition coefficient (Wildman–Crippen LogP) is 6.73. The highest BCUT2D eigenvalue weighted by Crippen LogP contribution is 2.36. The fraction of sp³-hybridized carbons (Fsp3) is 0.190. The third kappa shape index (κ3) is 8.66. The van der Waals surface area contributed by atoms with E-state index in [0.717, 1.165) is 42.6 Å². The van der Waals surface area contributed by atoms with Crippen LogP contribution >= 0.6 is 11.3 Å². The molecular formula is C21H14F9N3O3S. The van der Waals surface area contributed by atoms with Crippen LogP contribution in [0.2, 0.25) is 0 Å². The molecule has 0 spiro atoms. The average molecular weight is 559 g/mol. The van der Waals surface area contributed by atoms with E-state index < -0.39 is 53.4 Å². The number of hydrogen-bond donors (Lipinski definition) is 3. The maximum Gasteiger partial charge on any atom is 0.490 e. The number of alkyl halides is 9. The molecule has 3 aromatic rings. The van der Waals surface area contributed by atoms with Gasteiger partial charge in [-0.15, -0.1) is 11.3 Å². The summed E-state index contributed by atoms with van der Waals surface area (Å²) in [7, 11) is 0. The molecule has 200 valence electrons. The molecule has 6 nitrogen and oxygen atoms in total. The molecule has 0 saturated heterocycles. The topological polar surface area (TPSA) is 91.3 Å². The van der Waals surface area contributed by atoms with Crippen molar-refractivity contribution in [3.05, 3.63) is 82.5 Å². The molecule has 16 heteroatoms. The van der Waals surface area contributed by atoms with Gasteiger partial charge < -0.3 is 10.4 Å². The molecule has 0 bridgehead atoms. The second kappa shape index (κ2) is 11.5. The van der Waals surface area contributed by atoms with Gasteiger partial charge in [-0.1, -0.05) is 12.1 Å². The quantitative estimate of drug-likeness (QED) is 0.310. The minimum atomic E-state index is -5.08. The SMILES string of the molecule is O=C(Nc1cccs1)N[C@@H](c1ccc(C(F)(F)F)cc1)c1ncccc1C(F)(F)F.O=C(O)C(F)(F)F. The van der Waals surface area contributed by atoms with Crippen LogP contribution in [0.3, 0.4) is 0 Å². The summed E-state index contributed by atoms with van der Waals surface area (Å²) in [6, 6.07) is 6.33. The van der Waals surface area contributed by atoms with Crippen molar-refractivity contribution in [2.75, 3.05) is 5.32 Å². The number of amides is 2. The van der Waals surface area contributed by atoms with Crippen molar-refractivity contribution in [3.8, 4) is 0 Å². The molecule has 3 rings (SSSR count). The van der Waals surface area contributed by atoms with Gasteiger partial charge in [-0.25, -0.2) is 9.59 Å². The number of pyridine rings is 1. The lowest BCUT2D eigenvalue weighted by Gasteiger charge is -2.22. The number of halogens is 9. The summed E-state index contributed by atoms with van der Waals surface area (Å²) in [5, 5.41) is 14.1. The van der Waals surface area contributed by atoms with Gasteiger partial charge in [0.2, 0.25) is 0 Å². The zero-order chi connectivity index (χ0) is 28.0. The highest BCUT2D eigenvalue weighted by Gasteiger charge is 2.38. The largest absolute Gasteiger partial charge is 0.490 e. The number of benzene rings is 1. The van der Waals surface area contributed by atoms with Gasteiger partial charge in [-0.05, 0) is 47.3 Å². The summed E-state index contributed by atoms with van der Waals surface area (Å²) in [5.41, 5.74) is -2.60. The number of urea groups is 1. The monoisotopic (exact) mass is 559 g/mol. The van der Waals surface area contributed by atoms with Gasteiger partial charge in [-0.3, -0.25) is 10.3 Å². The van der Waals surface area contributed by atoms with Crippen LogP contribution < -0.4 is 10.6 Å². The van der Waals surface area contributed by atoms with E-state index in [9.17, 15) is 44.3 Å². The van der Waals surface area contributed by atoms with Crippen LogP contribution in [-0.2, 0) is 17.1 Å². The third-order valence-corrected chi connectivity index (χ3v) is 5.05. The van der Waals surface area contributed by atoms with Gasteiger partial charge in [0.15, 0.2) is 0 Å². The van der Waals surface area contributed by atoms with E-state index in [1.165, 1.54) is 11.3 Å². The Morgan fingerprint density at radius 1 is 0.865 bits per heavy atom. The minimum Gasteiger partial charge on any atom is -0.475 e.